The zero-order chi connectivity index (χ0) is 26.1. The second-order valence-electron chi connectivity index (χ2n) is 9.41. The number of hydrogen-bond acceptors (Lipinski definition) is 4. The fourth-order valence-electron chi connectivity index (χ4n) is 5.06. The SMILES string of the molecule is CNC(=O)N1CCn2c(C3CC3(F)F)nc(-c3cccc4nc(-c5cnn(C)c5)c(C(F)F)cc34)c2C1. The Bertz CT molecular complexity index is 1540. The predicted molar refractivity (Wildman–Crippen MR) is 127 cm³/mol. The fourth-order valence-corrected chi connectivity index (χ4v) is 5.06. The number of imidazole rings is 1. The lowest BCUT2D eigenvalue weighted by atomic mass is 9.99. The van der Waals surface area contributed by atoms with Gasteiger partial charge < -0.3 is 14.8 Å². The third kappa shape index (κ3) is 3.82. The highest BCUT2D eigenvalue weighted by Crippen LogP contribution is 2.56. The van der Waals surface area contributed by atoms with E-state index in [0.29, 0.717) is 46.5 Å². The molecule has 12 heteroatoms. The normalized spacial score (nSPS) is 18.4. The van der Waals surface area contributed by atoms with Gasteiger partial charge in [-0.05, 0) is 12.1 Å². The number of urea groups is 1. The van der Waals surface area contributed by atoms with E-state index < -0.39 is 18.3 Å². The highest BCUT2D eigenvalue weighted by atomic mass is 19.3. The van der Waals surface area contributed by atoms with E-state index in [1.807, 2.05) is 0 Å². The summed E-state index contributed by atoms with van der Waals surface area (Å²) >= 11 is 0. The van der Waals surface area contributed by atoms with Crippen molar-refractivity contribution in [1.82, 2.24) is 34.5 Å². The molecule has 4 aromatic rings. The molecule has 0 bridgehead atoms. The smallest absolute Gasteiger partial charge is 0.317 e. The Kier molecular flexibility index (Phi) is 5.25. The number of carbonyl (C=O) groups is 1. The molecule has 1 N–H and O–H groups in total. The first-order valence-electron chi connectivity index (χ1n) is 11.8. The number of amides is 2. The molecule has 192 valence electrons. The topological polar surface area (TPSA) is 80.9 Å². The zero-order valence-electron chi connectivity index (χ0n) is 20.1. The van der Waals surface area contributed by atoms with Crippen LogP contribution in [0.4, 0.5) is 22.4 Å². The molecule has 2 amide bonds. The monoisotopic (exact) mass is 513 g/mol. The molecule has 37 heavy (non-hydrogen) atoms. The number of carbonyl (C=O) groups excluding carboxylic acids is 1. The maximum atomic E-state index is 14.2. The average Bonchev–Trinajstić information content (AvgIpc) is 3.19. The Morgan fingerprint density at radius 3 is 2.62 bits per heavy atom. The van der Waals surface area contributed by atoms with Crippen molar-refractivity contribution in [3.05, 3.63) is 53.7 Å². The van der Waals surface area contributed by atoms with Gasteiger partial charge in [0.25, 0.3) is 12.3 Å². The number of nitrogens with one attached hydrogen (secondary N) is 1. The third-order valence-electron chi connectivity index (χ3n) is 7.03. The highest BCUT2D eigenvalue weighted by Gasteiger charge is 2.60. The number of nitrogens with zero attached hydrogens (tertiary/aromatic N) is 6. The number of halogens is 4. The number of benzene rings is 1. The van der Waals surface area contributed by atoms with Crippen LogP contribution in [0.25, 0.3) is 33.4 Å². The molecule has 0 spiro atoms. The molecule has 1 fully saturated rings. The highest BCUT2D eigenvalue weighted by molar-refractivity contribution is 5.96. The van der Waals surface area contributed by atoms with Crippen molar-refractivity contribution in [3.8, 4) is 22.5 Å². The van der Waals surface area contributed by atoms with Crippen LogP contribution in [0.1, 0.15) is 35.8 Å². The summed E-state index contributed by atoms with van der Waals surface area (Å²) in [5, 5.41) is 7.09. The first-order valence-corrected chi connectivity index (χ1v) is 11.8. The van der Waals surface area contributed by atoms with Crippen molar-refractivity contribution in [3.63, 3.8) is 0 Å². The summed E-state index contributed by atoms with van der Waals surface area (Å²) in [5.74, 6) is -3.58. The molecule has 1 aliphatic carbocycles. The maximum absolute atomic E-state index is 14.2. The molecule has 1 unspecified atom stereocenters. The minimum Gasteiger partial charge on any atom is -0.341 e. The molecule has 0 radical (unpaired) electrons. The van der Waals surface area contributed by atoms with Crippen LogP contribution in [0.3, 0.4) is 0 Å². The Morgan fingerprint density at radius 1 is 1.19 bits per heavy atom. The van der Waals surface area contributed by atoms with Crippen LogP contribution in [-0.2, 0) is 20.1 Å². The third-order valence-corrected chi connectivity index (χ3v) is 7.03. The van der Waals surface area contributed by atoms with E-state index in [4.69, 9.17) is 0 Å². The van der Waals surface area contributed by atoms with E-state index in [1.165, 1.54) is 24.0 Å². The van der Waals surface area contributed by atoms with E-state index in [-0.39, 0.29) is 36.1 Å². The number of rotatable bonds is 4. The molecule has 1 atom stereocenters. The molecule has 3 aromatic heterocycles. The molecule has 1 aliphatic heterocycles. The van der Waals surface area contributed by atoms with Gasteiger partial charge in [-0.2, -0.15) is 5.10 Å². The second-order valence-corrected chi connectivity index (χ2v) is 9.41. The Balaban J connectivity index is 1.55. The van der Waals surface area contributed by atoms with Crippen LogP contribution in [0, 0.1) is 0 Å². The van der Waals surface area contributed by atoms with Gasteiger partial charge in [0.2, 0.25) is 0 Å². The van der Waals surface area contributed by atoms with E-state index in [9.17, 15) is 22.4 Å². The number of aromatic nitrogens is 5. The van der Waals surface area contributed by atoms with Crippen LogP contribution < -0.4 is 5.32 Å². The van der Waals surface area contributed by atoms with E-state index in [2.05, 4.69) is 20.4 Å². The van der Waals surface area contributed by atoms with Gasteiger partial charge in [-0.3, -0.25) is 4.68 Å². The zero-order valence-corrected chi connectivity index (χ0v) is 20.1. The molecule has 6 rings (SSSR count). The van der Waals surface area contributed by atoms with Crippen LogP contribution in [0.5, 0.6) is 0 Å². The Morgan fingerprint density at radius 2 is 1.97 bits per heavy atom. The lowest BCUT2D eigenvalue weighted by Crippen LogP contribution is -2.43. The molecular formula is C25H23F4N7O. The Hall–Kier alpha value is -3.96. The van der Waals surface area contributed by atoms with Gasteiger partial charge >= 0.3 is 6.03 Å². The van der Waals surface area contributed by atoms with Gasteiger partial charge in [0.1, 0.15) is 5.82 Å². The molecule has 2 aliphatic rings. The minimum atomic E-state index is -2.83. The van der Waals surface area contributed by atoms with Crippen molar-refractivity contribution in [1.29, 1.82) is 0 Å². The van der Waals surface area contributed by atoms with Gasteiger partial charge in [-0.1, -0.05) is 12.1 Å². The van der Waals surface area contributed by atoms with Crippen molar-refractivity contribution in [2.24, 2.45) is 7.05 Å². The standard InChI is InChI=1S/C25H23F4N7O/c1-30-24(37)35-6-7-36-19(12-35)21(33-23(36)17-9-25(17,28)29)14-4-3-5-18-15(14)8-16(22(26)27)20(32-18)13-10-31-34(2)11-13/h3-5,8,10-11,17,22H,6-7,9,12H2,1-2H3,(H,30,37). The predicted octanol–water partition coefficient (Wildman–Crippen LogP) is 4.71. The lowest BCUT2D eigenvalue weighted by Gasteiger charge is -2.29. The van der Waals surface area contributed by atoms with E-state index in [0.717, 1.165) is 0 Å². The van der Waals surface area contributed by atoms with Crippen molar-refractivity contribution >= 4 is 16.9 Å². The number of hydrogen-bond donors (Lipinski definition) is 1. The molecule has 4 heterocycles. The first-order chi connectivity index (χ1) is 17.7. The van der Waals surface area contributed by atoms with Gasteiger partial charge in [0.15, 0.2) is 0 Å². The van der Waals surface area contributed by atoms with Crippen LogP contribution in [-0.4, -0.2) is 54.8 Å². The summed E-state index contributed by atoms with van der Waals surface area (Å²) < 4.78 is 59.9. The minimum absolute atomic E-state index is 0.128. The fraction of sp³-hybridized carbons (Fsp3) is 0.360. The average molecular weight is 513 g/mol. The van der Waals surface area contributed by atoms with E-state index in [1.54, 1.807) is 40.9 Å². The van der Waals surface area contributed by atoms with Crippen molar-refractivity contribution in [2.75, 3.05) is 13.6 Å². The van der Waals surface area contributed by atoms with E-state index >= 15 is 0 Å². The lowest BCUT2D eigenvalue weighted by molar-refractivity contribution is 0.109. The van der Waals surface area contributed by atoms with Gasteiger partial charge in [-0.25, -0.2) is 32.3 Å². The van der Waals surface area contributed by atoms with Gasteiger partial charge in [0.05, 0.1) is 41.3 Å². The number of fused-ring (bicyclic) bond motifs is 2. The van der Waals surface area contributed by atoms with Gasteiger partial charge in [-0.15, -0.1) is 0 Å². The first kappa shape index (κ1) is 23.4. The summed E-state index contributed by atoms with van der Waals surface area (Å²) in [6, 6.07) is 6.26. The molecule has 8 nitrogen and oxygen atoms in total. The number of aryl methyl sites for hydroxylation is 1. The summed E-state index contributed by atoms with van der Waals surface area (Å²) in [6.45, 7) is 0.808. The quantitative estimate of drug-likeness (QED) is 0.401. The summed E-state index contributed by atoms with van der Waals surface area (Å²) in [7, 11) is 3.21. The summed E-state index contributed by atoms with van der Waals surface area (Å²) in [5.41, 5.74) is 2.28. The maximum Gasteiger partial charge on any atom is 0.317 e. The number of alkyl halides is 4. The molecule has 0 saturated heterocycles. The summed E-state index contributed by atoms with van der Waals surface area (Å²) in [4.78, 5) is 23.1. The largest absolute Gasteiger partial charge is 0.341 e. The van der Waals surface area contributed by atoms with Gasteiger partial charge in [0, 0.05) is 61.9 Å². The van der Waals surface area contributed by atoms with Crippen molar-refractivity contribution in [2.45, 2.75) is 37.8 Å². The van der Waals surface area contributed by atoms with Crippen LogP contribution >= 0.6 is 0 Å². The Labute approximate surface area is 208 Å². The molecular weight excluding hydrogens is 490 g/mol. The molecule has 1 aromatic carbocycles. The summed E-state index contributed by atoms with van der Waals surface area (Å²) in [6.07, 6.45) is -0.000112. The number of pyridine rings is 1. The van der Waals surface area contributed by atoms with Crippen LogP contribution in [0.15, 0.2) is 36.7 Å². The van der Waals surface area contributed by atoms with Crippen LogP contribution in [0.2, 0.25) is 0 Å². The molecule has 1 saturated carbocycles. The second kappa shape index (κ2) is 8.29. The van der Waals surface area contributed by atoms with Crippen molar-refractivity contribution < 1.29 is 22.4 Å².